The summed E-state index contributed by atoms with van der Waals surface area (Å²) in [5.41, 5.74) is 0.723. The van der Waals surface area contributed by atoms with E-state index in [0.29, 0.717) is 64.5 Å². The molecule has 0 aliphatic rings. The van der Waals surface area contributed by atoms with Crippen LogP contribution in [0.15, 0.2) is 24.4 Å². The highest BCUT2D eigenvalue weighted by atomic mass is 16.4. The number of hydrogen-bond acceptors (Lipinski definition) is 10. The average Bonchev–Trinajstić information content (AvgIpc) is 3.08. The standard InChI is InChI=1S/C34H52N6O13/c41-27(36-19-9-6-12-25(32(49)50)38-34(53)39-26(33(51)52)16-17-29(43)44)14-3-1-2-4-15-28(42)37-24(31(47)48)13-7-10-20-40(22-30(45)46)21-23-11-5-8-18-35-23/h5,8,11,18,24-26H,1-4,6-7,9-10,12-17,19-22H2,(H,36,41)(H,37,42)(H,43,44)(H,45,46)(H,47,48)(H,49,50)(H,51,52)(H2,38,39,53). The molecule has 1 rings (SSSR count). The highest BCUT2D eigenvalue weighted by molar-refractivity contribution is 5.86. The number of unbranched alkanes of at least 4 members (excludes halogenated alkanes) is 5. The molecule has 3 unspecified atom stereocenters. The van der Waals surface area contributed by atoms with Gasteiger partial charge in [0.05, 0.1) is 12.2 Å². The van der Waals surface area contributed by atoms with E-state index < -0.39 is 60.4 Å². The van der Waals surface area contributed by atoms with Crippen LogP contribution in [0.25, 0.3) is 0 Å². The van der Waals surface area contributed by atoms with Gasteiger partial charge in [-0.1, -0.05) is 18.9 Å². The summed E-state index contributed by atoms with van der Waals surface area (Å²) in [5.74, 6) is -6.77. The van der Waals surface area contributed by atoms with Gasteiger partial charge in [-0.15, -0.1) is 0 Å². The molecule has 0 aliphatic carbocycles. The van der Waals surface area contributed by atoms with E-state index in [2.05, 4.69) is 26.3 Å². The second-order valence-electron chi connectivity index (χ2n) is 12.5. The van der Waals surface area contributed by atoms with Gasteiger partial charge < -0.3 is 46.8 Å². The molecule has 0 saturated carbocycles. The van der Waals surface area contributed by atoms with Crippen molar-refractivity contribution in [2.75, 3.05) is 19.6 Å². The lowest BCUT2D eigenvalue weighted by atomic mass is 10.1. The molecule has 0 bridgehead atoms. The van der Waals surface area contributed by atoms with Crippen LogP contribution < -0.4 is 21.3 Å². The fraction of sp³-hybridized carbons (Fsp3) is 0.618. The van der Waals surface area contributed by atoms with Gasteiger partial charge in [-0.2, -0.15) is 0 Å². The Kier molecular flexibility index (Phi) is 22.8. The minimum atomic E-state index is -1.50. The van der Waals surface area contributed by atoms with Gasteiger partial charge in [-0.3, -0.25) is 29.1 Å². The average molecular weight is 753 g/mol. The van der Waals surface area contributed by atoms with E-state index in [1.807, 2.05) is 6.07 Å². The molecule has 1 heterocycles. The molecule has 1 aromatic heterocycles. The first-order valence-corrected chi connectivity index (χ1v) is 17.5. The number of aromatic nitrogens is 1. The van der Waals surface area contributed by atoms with Crippen LogP contribution in [-0.2, 0) is 40.1 Å². The lowest BCUT2D eigenvalue weighted by molar-refractivity contribution is -0.142. The zero-order chi connectivity index (χ0) is 39.6. The zero-order valence-electron chi connectivity index (χ0n) is 29.7. The molecule has 53 heavy (non-hydrogen) atoms. The SMILES string of the molecule is O=C(O)CCC(NC(=O)NC(CCCCNC(=O)CCCCCCC(=O)NC(CCCCN(CC(=O)O)Cc1ccccn1)C(=O)O)C(=O)O)C(=O)O. The lowest BCUT2D eigenvalue weighted by Crippen LogP contribution is -2.51. The summed E-state index contributed by atoms with van der Waals surface area (Å²) < 4.78 is 0. The van der Waals surface area contributed by atoms with Crippen molar-refractivity contribution < 1.29 is 63.9 Å². The molecule has 296 valence electrons. The predicted octanol–water partition coefficient (Wildman–Crippen LogP) is 1.41. The van der Waals surface area contributed by atoms with Crippen molar-refractivity contribution >= 4 is 47.7 Å². The Morgan fingerprint density at radius 2 is 1.17 bits per heavy atom. The second-order valence-corrected chi connectivity index (χ2v) is 12.5. The number of carboxylic acid groups (broad SMARTS) is 5. The van der Waals surface area contributed by atoms with Crippen LogP contribution >= 0.6 is 0 Å². The Morgan fingerprint density at radius 3 is 1.72 bits per heavy atom. The van der Waals surface area contributed by atoms with Gasteiger partial charge >= 0.3 is 35.9 Å². The third-order valence-electron chi connectivity index (χ3n) is 7.97. The molecule has 0 radical (unpaired) electrons. The molecule has 19 heteroatoms. The summed E-state index contributed by atoms with van der Waals surface area (Å²) in [5, 5.41) is 55.5. The van der Waals surface area contributed by atoms with Crippen LogP contribution in [0.3, 0.4) is 0 Å². The van der Waals surface area contributed by atoms with Crippen molar-refractivity contribution in [1.82, 2.24) is 31.2 Å². The number of nitrogens with zero attached hydrogens (tertiary/aromatic N) is 2. The van der Waals surface area contributed by atoms with E-state index in [1.54, 1.807) is 23.2 Å². The van der Waals surface area contributed by atoms with Gasteiger partial charge in [0.15, 0.2) is 0 Å². The van der Waals surface area contributed by atoms with Gasteiger partial charge in [-0.05, 0) is 76.5 Å². The van der Waals surface area contributed by atoms with Crippen molar-refractivity contribution in [3.8, 4) is 0 Å². The Balaban J connectivity index is 2.23. The zero-order valence-corrected chi connectivity index (χ0v) is 29.7. The van der Waals surface area contributed by atoms with Gasteiger partial charge in [0.25, 0.3) is 0 Å². The summed E-state index contributed by atoms with van der Waals surface area (Å²) in [4.78, 5) is 98.9. The summed E-state index contributed by atoms with van der Waals surface area (Å²) in [6, 6.07) is 0.420. The molecule has 0 spiro atoms. The Bertz CT molecular complexity index is 1350. The third-order valence-corrected chi connectivity index (χ3v) is 7.97. The van der Waals surface area contributed by atoms with Gasteiger partial charge in [0.2, 0.25) is 11.8 Å². The lowest BCUT2D eigenvalue weighted by Gasteiger charge is -2.20. The number of hydrogen-bond donors (Lipinski definition) is 9. The van der Waals surface area contributed by atoms with E-state index in [1.165, 1.54) is 0 Å². The van der Waals surface area contributed by atoms with Crippen molar-refractivity contribution in [3.63, 3.8) is 0 Å². The number of pyridine rings is 1. The molecule has 1 aromatic rings. The van der Waals surface area contributed by atoms with E-state index in [9.17, 15) is 53.7 Å². The Morgan fingerprint density at radius 1 is 0.604 bits per heavy atom. The molecule has 9 N–H and O–H groups in total. The topological polar surface area (TPSA) is 302 Å². The monoisotopic (exact) mass is 752 g/mol. The van der Waals surface area contributed by atoms with E-state index in [-0.39, 0.29) is 57.0 Å². The van der Waals surface area contributed by atoms with Gasteiger partial charge in [0.1, 0.15) is 18.1 Å². The maximum atomic E-state index is 12.4. The molecular formula is C34H52N6O13. The van der Waals surface area contributed by atoms with Gasteiger partial charge in [0, 0.05) is 38.5 Å². The molecular weight excluding hydrogens is 700 g/mol. The van der Waals surface area contributed by atoms with E-state index in [4.69, 9.17) is 10.2 Å². The third kappa shape index (κ3) is 23.0. The largest absolute Gasteiger partial charge is 0.481 e. The molecule has 0 aromatic carbocycles. The minimum Gasteiger partial charge on any atom is -0.481 e. The van der Waals surface area contributed by atoms with Crippen LogP contribution in [0.2, 0.25) is 0 Å². The molecule has 0 saturated heterocycles. The predicted molar refractivity (Wildman–Crippen MR) is 187 cm³/mol. The number of carboxylic acids is 5. The maximum absolute atomic E-state index is 12.4. The molecule has 3 atom stereocenters. The number of rotatable bonds is 30. The quantitative estimate of drug-likeness (QED) is 0.0502. The van der Waals surface area contributed by atoms with Crippen molar-refractivity contribution in [2.45, 2.75) is 115 Å². The number of carbonyl (C=O) groups is 8. The molecule has 19 nitrogen and oxygen atoms in total. The first-order valence-electron chi connectivity index (χ1n) is 17.5. The Hall–Kier alpha value is -5.33. The maximum Gasteiger partial charge on any atom is 0.326 e. The van der Waals surface area contributed by atoms with Crippen LogP contribution in [0, 0.1) is 0 Å². The molecule has 4 amide bonds. The number of urea groups is 1. The van der Waals surface area contributed by atoms with Crippen LogP contribution in [0.1, 0.15) is 95.6 Å². The van der Waals surface area contributed by atoms with Crippen molar-refractivity contribution in [1.29, 1.82) is 0 Å². The molecule has 0 aliphatic heterocycles. The number of carbonyl (C=O) groups excluding carboxylic acids is 3. The van der Waals surface area contributed by atoms with Gasteiger partial charge in [-0.25, -0.2) is 19.2 Å². The number of amides is 4. The van der Waals surface area contributed by atoms with E-state index >= 15 is 0 Å². The first-order chi connectivity index (χ1) is 25.2. The number of nitrogens with one attached hydrogen (secondary N) is 4. The van der Waals surface area contributed by atoms with E-state index in [0.717, 1.165) is 5.69 Å². The normalized spacial score (nSPS) is 12.5. The summed E-state index contributed by atoms with van der Waals surface area (Å²) >= 11 is 0. The van der Waals surface area contributed by atoms with Crippen LogP contribution in [-0.4, -0.2) is 121 Å². The summed E-state index contributed by atoms with van der Waals surface area (Å²) in [7, 11) is 0. The highest BCUT2D eigenvalue weighted by Gasteiger charge is 2.25. The Labute approximate surface area is 306 Å². The van der Waals surface area contributed by atoms with Crippen LogP contribution in [0.4, 0.5) is 4.79 Å². The minimum absolute atomic E-state index is 0.00685. The van der Waals surface area contributed by atoms with Crippen molar-refractivity contribution in [2.24, 2.45) is 0 Å². The smallest absolute Gasteiger partial charge is 0.326 e. The molecule has 0 fully saturated rings. The first kappa shape index (κ1) is 45.7. The fourth-order valence-corrected chi connectivity index (χ4v) is 5.19. The van der Waals surface area contributed by atoms with Crippen LogP contribution in [0.5, 0.6) is 0 Å². The fourth-order valence-electron chi connectivity index (χ4n) is 5.19. The summed E-state index contributed by atoms with van der Waals surface area (Å²) in [6.45, 7) is 0.859. The van der Waals surface area contributed by atoms with Crippen molar-refractivity contribution in [3.05, 3.63) is 30.1 Å². The number of aliphatic carboxylic acids is 5. The second kappa shape index (κ2) is 26.4. The highest BCUT2D eigenvalue weighted by Crippen LogP contribution is 2.10. The summed E-state index contributed by atoms with van der Waals surface area (Å²) in [6.07, 6.45) is 5.44.